The van der Waals surface area contributed by atoms with Gasteiger partial charge in [-0.3, -0.25) is 9.47 Å². The van der Waals surface area contributed by atoms with Crippen molar-refractivity contribution in [3.05, 3.63) is 77.9 Å². The van der Waals surface area contributed by atoms with E-state index in [4.69, 9.17) is 4.42 Å². The summed E-state index contributed by atoms with van der Waals surface area (Å²) in [7, 11) is 0. The summed E-state index contributed by atoms with van der Waals surface area (Å²) >= 11 is 1.29. The number of hydrogen-bond donors (Lipinski definition) is 0. The molecule has 0 amide bonds. The number of para-hydroxylation sites is 1. The first-order valence-electron chi connectivity index (χ1n) is 11.4. The molecule has 0 spiro atoms. The second-order valence-corrected chi connectivity index (χ2v) is 9.33. The largest absolute Gasteiger partial charge is 0.444 e. The van der Waals surface area contributed by atoms with Crippen LogP contribution in [-0.2, 0) is 18.5 Å². The molecular formula is C25H24F3N5OS. The van der Waals surface area contributed by atoms with Gasteiger partial charge in [-0.25, -0.2) is 4.98 Å². The van der Waals surface area contributed by atoms with Crippen LogP contribution in [0.4, 0.5) is 13.2 Å². The Kier molecular flexibility index (Phi) is 6.92. The maximum atomic E-state index is 13.9. The Balaban J connectivity index is 1.45. The highest BCUT2D eigenvalue weighted by Crippen LogP contribution is 2.36. The lowest BCUT2D eigenvalue weighted by Gasteiger charge is -2.26. The number of benzene rings is 2. The van der Waals surface area contributed by atoms with Crippen molar-refractivity contribution in [3.8, 4) is 17.1 Å². The predicted molar refractivity (Wildman–Crippen MR) is 127 cm³/mol. The fraction of sp³-hybridized carbons (Fsp3) is 0.320. The number of likely N-dealkylation sites (tertiary alicyclic amines) is 1. The van der Waals surface area contributed by atoms with Crippen molar-refractivity contribution in [2.24, 2.45) is 0 Å². The number of piperidine rings is 1. The number of rotatable bonds is 7. The highest BCUT2D eigenvalue weighted by atomic mass is 32.2. The predicted octanol–water partition coefficient (Wildman–Crippen LogP) is 6.22. The lowest BCUT2D eigenvalue weighted by atomic mass is 10.1. The number of oxazole rings is 1. The van der Waals surface area contributed by atoms with Crippen LogP contribution in [0, 0.1) is 0 Å². The first kappa shape index (κ1) is 23.6. The van der Waals surface area contributed by atoms with Gasteiger partial charge in [0.15, 0.2) is 11.0 Å². The average molecular weight is 500 g/mol. The molecule has 1 saturated heterocycles. The van der Waals surface area contributed by atoms with Crippen molar-refractivity contribution in [2.75, 3.05) is 13.1 Å². The van der Waals surface area contributed by atoms with Gasteiger partial charge in [0.1, 0.15) is 6.26 Å². The molecular weight excluding hydrogens is 475 g/mol. The number of thioether (sulfide) groups is 1. The van der Waals surface area contributed by atoms with Gasteiger partial charge in [0.05, 0.1) is 23.5 Å². The van der Waals surface area contributed by atoms with E-state index >= 15 is 0 Å². The highest BCUT2D eigenvalue weighted by molar-refractivity contribution is 7.98. The maximum Gasteiger partial charge on any atom is 0.418 e. The molecule has 0 saturated carbocycles. The zero-order valence-electron chi connectivity index (χ0n) is 18.9. The molecule has 10 heteroatoms. The Morgan fingerprint density at radius 2 is 1.66 bits per heavy atom. The number of alkyl halides is 3. The van der Waals surface area contributed by atoms with E-state index in [9.17, 15) is 13.2 Å². The van der Waals surface area contributed by atoms with E-state index < -0.39 is 11.7 Å². The molecule has 2 aromatic heterocycles. The van der Waals surface area contributed by atoms with Crippen LogP contribution in [0.1, 0.15) is 36.3 Å². The van der Waals surface area contributed by atoms with E-state index in [-0.39, 0.29) is 5.69 Å². The molecule has 1 aliphatic heterocycles. The van der Waals surface area contributed by atoms with Crippen molar-refractivity contribution < 1.29 is 17.6 Å². The quantitative estimate of drug-likeness (QED) is 0.282. The van der Waals surface area contributed by atoms with Gasteiger partial charge in [0, 0.05) is 11.3 Å². The first-order valence-corrected chi connectivity index (χ1v) is 12.4. The molecule has 2 aromatic carbocycles. The monoisotopic (exact) mass is 499 g/mol. The summed E-state index contributed by atoms with van der Waals surface area (Å²) < 4.78 is 48.8. The van der Waals surface area contributed by atoms with Crippen LogP contribution in [-0.4, -0.2) is 37.7 Å². The summed E-state index contributed by atoms with van der Waals surface area (Å²) in [6.45, 7) is 2.25. The van der Waals surface area contributed by atoms with Gasteiger partial charge in [0.2, 0.25) is 5.89 Å². The Bertz CT molecular complexity index is 1270. The van der Waals surface area contributed by atoms with Crippen LogP contribution < -0.4 is 0 Å². The van der Waals surface area contributed by atoms with Gasteiger partial charge in [-0.1, -0.05) is 48.5 Å². The minimum Gasteiger partial charge on any atom is -0.444 e. The summed E-state index contributed by atoms with van der Waals surface area (Å²) in [4.78, 5) is 6.74. The minimum absolute atomic E-state index is 0.0321. The molecule has 0 unspecified atom stereocenters. The minimum atomic E-state index is -4.50. The van der Waals surface area contributed by atoms with Gasteiger partial charge in [0.25, 0.3) is 0 Å². The molecule has 0 aliphatic carbocycles. The molecule has 0 atom stereocenters. The fourth-order valence-electron chi connectivity index (χ4n) is 4.19. The van der Waals surface area contributed by atoms with E-state index in [1.165, 1.54) is 30.3 Å². The van der Waals surface area contributed by atoms with E-state index in [1.807, 2.05) is 30.3 Å². The zero-order valence-corrected chi connectivity index (χ0v) is 19.7. The Morgan fingerprint density at radius 1 is 0.914 bits per heavy atom. The number of nitrogens with zero attached hydrogens (tertiary/aromatic N) is 5. The molecule has 5 rings (SSSR count). The first-order chi connectivity index (χ1) is 17.0. The van der Waals surface area contributed by atoms with Crippen molar-refractivity contribution in [3.63, 3.8) is 0 Å². The molecule has 1 aliphatic rings. The molecule has 6 nitrogen and oxygen atoms in total. The van der Waals surface area contributed by atoms with Crippen LogP contribution in [0.5, 0.6) is 0 Å². The third-order valence-electron chi connectivity index (χ3n) is 5.89. The Hall–Kier alpha value is -3.11. The number of halogens is 3. The highest BCUT2D eigenvalue weighted by Gasteiger charge is 2.35. The van der Waals surface area contributed by atoms with Crippen molar-refractivity contribution in [2.45, 2.75) is 42.9 Å². The van der Waals surface area contributed by atoms with Gasteiger partial charge < -0.3 is 4.42 Å². The molecule has 0 N–H and O–H groups in total. The van der Waals surface area contributed by atoms with Gasteiger partial charge >= 0.3 is 6.18 Å². The van der Waals surface area contributed by atoms with Gasteiger partial charge in [-0.2, -0.15) is 13.2 Å². The average Bonchev–Trinajstić information content (AvgIpc) is 3.50. The van der Waals surface area contributed by atoms with Gasteiger partial charge in [-0.05, 0) is 50.2 Å². The summed E-state index contributed by atoms with van der Waals surface area (Å²) in [5.41, 5.74) is 0.846. The van der Waals surface area contributed by atoms with Crippen molar-refractivity contribution >= 4 is 11.8 Å². The maximum absolute atomic E-state index is 13.9. The van der Waals surface area contributed by atoms with Crippen molar-refractivity contribution in [1.82, 2.24) is 24.6 Å². The third kappa shape index (κ3) is 5.43. The number of aromatic nitrogens is 4. The normalized spacial score (nSPS) is 14.9. The van der Waals surface area contributed by atoms with Crippen LogP contribution in [0.25, 0.3) is 17.1 Å². The molecule has 4 aromatic rings. The smallest absolute Gasteiger partial charge is 0.418 e. The van der Waals surface area contributed by atoms with E-state index in [0.717, 1.165) is 37.6 Å². The zero-order chi connectivity index (χ0) is 24.3. The standard InChI is InChI=1S/C25H24F3N5OS/c26-25(27,28)20-11-5-6-12-21(20)33-22(15-32-13-7-2-8-14-32)30-31-24(33)35-17-19-16-34-23(29-19)18-9-3-1-4-10-18/h1,3-6,9-12,16H,2,7-8,13-15,17H2. The fourth-order valence-corrected chi connectivity index (χ4v) is 5.03. The lowest BCUT2D eigenvalue weighted by Crippen LogP contribution is -2.30. The number of hydrogen-bond acceptors (Lipinski definition) is 6. The van der Waals surface area contributed by atoms with Crippen LogP contribution >= 0.6 is 11.8 Å². The van der Waals surface area contributed by atoms with Crippen molar-refractivity contribution in [1.29, 1.82) is 0 Å². The molecule has 0 bridgehead atoms. The molecule has 1 fully saturated rings. The van der Waals surface area contributed by atoms with E-state index in [0.29, 0.717) is 34.9 Å². The third-order valence-corrected chi connectivity index (χ3v) is 6.85. The summed E-state index contributed by atoms with van der Waals surface area (Å²) in [6, 6.07) is 15.1. The lowest BCUT2D eigenvalue weighted by molar-refractivity contribution is -0.137. The van der Waals surface area contributed by atoms with E-state index in [2.05, 4.69) is 20.1 Å². The summed E-state index contributed by atoms with van der Waals surface area (Å²) in [5, 5.41) is 8.99. The second kappa shape index (κ2) is 10.2. The summed E-state index contributed by atoms with van der Waals surface area (Å²) in [6.07, 6.45) is 0.385. The van der Waals surface area contributed by atoms with Crippen LogP contribution in [0.3, 0.4) is 0 Å². The Morgan fingerprint density at radius 3 is 2.43 bits per heavy atom. The topological polar surface area (TPSA) is 60.0 Å². The molecule has 0 radical (unpaired) electrons. The Labute approximate surface area is 205 Å². The molecule has 35 heavy (non-hydrogen) atoms. The second-order valence-electron chi connectivity index (χ2n) is 8.38. The van der Waals surface area contributed by atoms with Crippen LogP contribution in [0.15, 0.2) is 70.4 Å². The SMILES string of the molecule is FC(F)(F)c1ccccc1-n1c(CN2CCCCC2)nnc1SCc1coc(-c2ccccc2)n1. The molecule has 182 valence electrons. The summed E-state index contributed by atoms with van der Waals surface area (Å²) in [5.74, 6) is 1.37. The van der Waals surface area contributed by atoms with Crippen LogP contribution in [0.2, 0.25) is 0 Å². The van der Waals surface area contributed by atoms with E-state index in [1.54, 1.807) is 16.9 Å². The molecule has 3 heterocycles. The van der Waals surface area contributed by atoms with Gasteiger partial charge in [-0.15, -0.1) is 10.2 Å².